The van der Waals surface area contributed by atoms with E-state index in [1.165, 1.54) is 4.90 Å². The Morgan fingerprint density at radius 2 is 2.12 bits per heavy atom. The minimum absolute atomic E-state index is 0.0580. The van der Waals surface area contributed by atoms with Crippen LogP contribution in [0.1, 0.15) is 24.5 Å². The summed E-state index contributed by atoms with van der Waals surface area (Å²) in [5.74, 6) is -0.291. The third-order valence-corrected chi connectivity index (χ3v) is 3.60. The second-order valence-electron chi connectivity index (χ2n) is 4.49. The van der Waals surface area contributed by atoms with Gasteiger partial charge in [-0.2, -0.15) is 0 Å². The van der Waals surface area contributed by atoms with Crippen LogP contribution in [-0.2, 0) is 16.1 Å². The Morgan fingerprint density at radius 1 is 1.41 bits per heavy atom. The number of amides is 2. The van der Waals surface area contributed by atoms with Crippen molar-refractivity contribution in [1.82, 2.24) is 4.90 Å². The van der Waals surface area contributed by atoms with Gasteiger partial charge in [-0.05, 0) is 30.2 Å². The van der Waals surface area contributed by atoms with Crippen molar-refractivity contribution >= 4 is 27.7 Å². The van der Waals surface area contributed by atoms with Gasteiger partial charge in [-0.3, -0.25) is 14.5 Å². The summed E-state index contributed by atoms with van der Waals surface area (Å²) in [7, 11) is 0. The summed E-state index contributed by atoms with van der Waals surface area (Å²) in [6, 6.07) is 5.86. The standard InChI is InChI=1S/C13H14BrNO2/c1-8-5-11(14)4-3-10(8)7-15-12(16)6-9(2)13(15)17/h3-5,9H,6-7H2,1-2H3/t9-/m0/s1. The molecule has 1 aromatic rings. The van der Waals surface area contributed by atoms with Crippen LogP contribution in [-0.4, -0.2) is 16.7 Å². The predicted molar refractivity (Wildman–Crippen MR) is 68.2 cm³/mol. The lowest BCUT2D eigenvalue weighted by Gasteiger charge is -2.16. The Hall–Kier alpha value is -1.16. The first-order valence-electron chi connectivity index (χ1n) is 5.58. The minimum atomic E-state index is -0.168. The zero-order chi connectivity index (χ0) is 12.6. The number of likely N-dealkylation sites (tertiary alicyclic amines) is 1. The molecule has 0 aromatic heterocycles. The van der Waals surface area contributed by atoms with Gasteiger partial charge in [0.2, 0.25) is 11.8 Å². The number of carbonyl (C=O) groups excluding carboxylic acids is 2. The maximum Gasteiger partial charge on any atom is 0.232 e. The van der Waals surface area contributed by atoms with E-state index in [2.05, 4.69) is 15.9 Å². The largest absolute Gasteiger partial charge is 0.278 e. The Balaban J connectivity index is 2.21. The summed E-state index contributed by atoms with van der Waals surface area (Å²) in [6.07, 6.45) is 0.342. The lowest BCUT2D eigenvalue weighted by Crippen LogP contribution is -2.29. The molecule has 17 heavy (non-hydrogen) atoms. The molecule has 0 aliphatic carbocycles. The van der Waals surface area contributed by atoms with Gasteiger partial charge >= 0.3 is 0 Å². The average Bonchev–Trinajstić information content (AvgIpc) is 2.48. The minimum Gasteiger partial charge on any atom is -0.278 e. The molecule has 1 atom stereocenters. The van der Waals surface area contributed by atoms with Gasteiger partial charge in [-0.25, -0.2) is 0 Å². The second kappa shape index (κ2) is 4.61. The number of hydrogen-bond donors (Lipinski definition) is 0. The van der Waals surface area contributed by atoms with Crippen LogP contribution in [0.3, 0.4) is 0 Å². The Morgan fingerprint density at radius 3 is 2.65 bits per heavy atom. The molecule has 3 nitrogen and oxygen atoms in total. The summed E-state index contributed by atoms with van der Waals surface area (Å²) in [4.78, 5) is 24.8. The lowest BCUT2D eigenvalue weighted by molar-refractivity contribution is -0.139. The monoisotopic (exact) mass is 295 g/mol. The van der Waals surface area contributed by atoms with Crippen molar-refractivity contribution < 1.29 is 9.59 Å². The van der Waals surface area contributed by atoms with Gasteiger partial charge in [0, 0.05) is 16.8 Å². The molecule has 0 spiro atoms. The topological polar surface area (TPSA) is 37.4 Å². The molecule has 1 aliphatic rings. The van der Waals surface area contributed by atoms with Crippen LogP contribution in [0.15, 0.2) is 22.7 Å². The van der Waals surface area contributed by atoms with Crippen LogP contribution >= 0.6 is 15.9 Å². The van der Waals surface area contributed by atoms with Gasteiger partial charge in [-0.1, -0.05) is 28.9 Å². The first kappa shape index (κ1) is 12.3. The first-order valence-corrected chi connectivity index (χ1v) is 6.37. The van der Waals surface area contributed by atoms with E-state index in [1.54, 1.807) is 6.92 Å². The SMILES string of the molecule is Cc1cc(Br)ccc1CN1C(=O)C[C@H](C)C1=O. The quantitative estimate of drug-likeness (QED) is 0.787. The van der Waals surface area contributed by atoms with Crippen LogP contribution < -0.4 is 0 Å². The summed E-state index contributed by atoms with van der Waals surface area (Å²) in [5.41, 5.74) is 2.10. The van der Waals surface area contributed by atoms with Crippen LogP contribution in [0, 0.1) is 12.8 Å². The fraction of sp³-hybridized carbons (Fsp3) is 0.385. The number of nitrogens with zero attached hydrogens (tertiary/aromatic N) is 1. The predicted octanol–water partition coefficient (Wildman–Crippen LogP) is 2.65. The van der Waals surface area contributed by atoms with Crippen LogP contribution in [0.5, 0.6) is 0 Å². The zero-order valence-corrected chi connectivity index (χ0v) is 11.5. The number of imide groups is 1. The molecule has 1 aliphatic heterocycles. The molecule has 0 radical (unpaired) electrons. The van der Waals surface area contributed by atoms with Gasteiger partial charge < -0.3 is 0 Å². The molecule has 0 saturated carbocycles. The summed E-state index contributed by atoms with van der Waals surface area (Å²) < 4.78 is 1.01. The molecule has 2 amide bonds. The lowest BCUT2D eigenvalue weighted by atomic mass is 10.1. The van der Waals surface area contributed by atoms with Crippen LogP contribution in [0.4, 0.5) is 0 Å². The number of carbonyl (C=O) groups is 2. The maximum absolute atomic E-state index is 11.8. The molecule has 1 fully saturated rings. The Bertz CT molecular complexity index is 484. The number of halogens is 1. The van der Waals surface area contributed by atoms with Crippen LogP contribution in [0.25, 0.3) is 0 Å². The summed E-state index contributed by atoms with van der Waals surface area (Å²) in [6.45, 7) is 4.17. The molecule has 2 rings (SSSR count). The van der Waals surface area contributed by atoms with E-state index >= 15 is 0 Å². The van der Waals surface area contributed by atoms with Crippen molar-refractivity contribution in [3.05, 3.63) is 33.8 Å². The van der Waals surface area contributed by atoms with Gasteiger partial charge in [0.1, 0.15) is 0 Å². The van der Waals surface area contributed by atoms with Gasteiger partial charge in [0.15, 0.2) is 0 Å². The molecule has 0 unspecified atom stereocenters. The van der Waals surface area contributed by atoms with Crippen molar-refractivity contribution in [2.75, 3.05) is 0 Å². The first-order chi connectivity index (χ1) is 7.99. The van der Waals surface area contributed by atoms with E-state index in [0.29, 0.717) is 13.0 Å². The number of aryl methyl sites for hydroxylation is 1. The molecule has 0 bridgehead atoms. The third-order valence-electron chi connectivity index (χ3n) is 3.10. The molecule has 4 heteroatoms. The van der Waals surface area contributed by atoms with E-state index in [-0.39, 0.29) is 17.7 Å². The van der Waals surface area contributed by atoms with Crippen molar-refractivity contribution in [3.8, 4) is 0 Å². The van der Waals surface area contributed by atoms with E-state index in [9.17, 15) is 9.59 Å². The second-order valence-corrected chi connectivity index (χ2v) is 5.41. The number of rotatable bonds is 2. The highest BCUT2D eigenvalue weighted by Gasteiger charge is 2.35. The maximum atomic E-state index is 11.8. The average molecular weight is 296 g/mol. The molecule has 0 N–H and O–H groups in total. The van der Waals surface area contributed by atoms with Crippen molar-refractivity contribution in [2.24, 2.45) is 5.92 Å². The van der Waals surface area contributed by atoms with Crippen molar-refractivity contribution in [3.63, 3.8) is 0 Å². The van der Waals surface area contributed by atoms with Gasteiger partial charge in [0.05, 0.1) is 6.54 Å². The summed E-state index contributed by atoms with van der Waals surface area (Å²) in [5, 5.41) is 0. The normalized spacial score (nSPS) is 20.2. The highest BCUT2D eigenvalue weighted by Crippen LogP contribution is 2.23. The highest BCUT2D eigenvalue weighted by molar-refractivity contribution is 9.10. The van der Waals surface area contributed by atoms with Crippen molar-refractivity contribution in [2.45, 2.75) is 26.8 Å². The molecular formula is C13H14BrNO2. The molecule has 1 heterocycles. The Labute approximate surface area is 109 Å². The van der Waals surface area contributed by atoms with Gasteiger partial charge in [0.25, 0.3) is 0 Å². The van der Waals surface area contributed by atoms with E-state index in [1.807, 2.05) is 25.1 Å². The molecular weight excluding hydrogens is 282 g/mol. The molecule has 1 aromatic carbocycles. The smallest absolute Gasteiger partial charge is 0.232 e. The summed E-state index contributed by atoms with van der Waals surface area (Å²) >= 11 is 3.39. The molecule has 1 saturated heterocycles. The zero-order valence-electron chi connectivity index (χ0n) is 9.87. The fourth-order valence-corrected chi connectivity index (χ4v) is 2.50. The van der Waals surface area contributed by atoms with E-state index < -0.39 is 0 Å². The third kappa shape index (κ3) is 2.41. The molecule has 90 valence electrons. The van der Waals surface area contributed by atoms with E-state index in [4.69, 9.17) is 0 Å². The van der Waals surface area contributed by atoms with E-state index in [0.717, 1.165) is 15.6 Å². The van der Waals surface area contributed by atoms with Crippen LogP contribution in [0.2, 0.25) is 0 Å². The number of benzene rings is 1. The number of hydrogen-bond acceptors (Lipinski definition) is 2. The van der Waals surface area contributed by atoms with Crippen molar-refractivity contribution in [1.29, 1.82) is 0 Å². The fourth-order valence-electron chi connectivity index (χ4n) is 2.02. The van der Waals surface area contributed by atoms with Gasteiger partial charge in [-0.15, -0.1) is 0 Å². The highest BCUT2D eigenvalue weighted by atomic mass is 79.9. The Kier molecular flexibility index (Phi) is 3.33.